The van der Waals surface area contributed by atoms with Gasteiger partial charge in [-0.15, -0.1) is 0 Å². The molecule has 5 nitrogen and oxygen atoms in total. The molecule has 0 radical (unpaired) electrons. The Morgan fingerprint density at radius 3 is 2.57 bits per heavy atom. The van der Waals surface area contributed by atoms with E-state index >= 15 is 0 Å². The summed E-state index contributed by atoms with van der Waals surface area (Å²) in [6, 6.07) is 3.61. The first-order valence-corrected chi connectivity index (χ1v) is 6.78. The Bertz CT molecular complexity index is 547. The first-order chi connectivity index (χ1) is 9.63. The van der Waals surface area contributed by atoms with Gasteiger partial charge in [0.2, 0.25) is 0 Å². The maximum absolute atomic E-state index is 13.4. The third-order valence-electron chi connectivity index (χ3n) is 3.23. The molecule has 0 heterocycles. The molecule has 1 unspecified atom stereocenters. The van der Waals surface area contributed by atoms with E-state index in [0.717, 1.165) is 6.07 Å². The zero-order chi connectivity index (χ0) is 16.2. The van der Waals surface area contributed by atoms with Gasteiger partial charge in [0.1, 0.15) is 5.82 Å². The van der Waals surface area contributed by atoms with Crippen molar-refractivity contribution in [2.45, 2.75) is 26.4 Å². The number of hydrogen-bond acceptors (Lipinski definition) is 3. The van der Waals surface area contributed by atoms with Crippen molar-refractivity contribution in [1.82, 2.24) is 5.32 Å². The standard InChI is InChI=1S/C14H18ClFN2O3/c1-8(2)14(3,21)7-17-12(19)13(20)18-11-6-9(15)4-5-10(11)16/h4-6,8,21H,7H2,1-3H3,(H,17,19)(H,18,20). The molecule has 0 saturated carbocycles. The Labute approximate surface area is 127 Å². The molecular formula is C14H18ClFN2O3. The van der Waals surface area contributed by atoms with Crippen molar-refractivity contribution in [3.63, 3.8) is 0 Å². The number of hydrogen-bond donors (Lipinski definition) is 3. The van der Waals surface area contributed by atoms with Crippen LogP contribution in [0.1, 0.15) is 20.8 Å². The molecule has 2 amide bonds. The largest absolute Gasteiger partial charge is 0.388 e. The van der Waals surface area contributed by atoms with Gasteiger partial charge in [-0.2, -0.15) is 0 Å². The minimum absolute atomic E-state index is 0.0883. The van der Waals surface area contributed by atoms with Crippen LogP contribution < -0.4 is 10.6 Å². The first kappa shape index (κ1) is 17.4. The van der Waals surface area contributed by atoms with Gasteiger partial charge < -0.3 is 15.7 Å². The topological polar surface area (TPSA) is 78.4 Å². The Balaban J connectivity index is 2.64. The number of rotatable bonds is 4. The summed E-state index contributed by atoms with van der Waals surface area (Å²) in [7, 11) is 0. The second-order valence-electron chi connectivity index (χ2n) is 5.27. The van der Waals surface area contributed by atoms with E-state index in [1.807, 2.05) is 0 Å². The smallest absolute Gasteiger partial charge is 0.313 e. The minimum atomic E-state index is -1.14. The van der Waals surface area contributed by atoms with Crippen LogP contribution in [-0.4, -0.2) is 29.1 Å². The molecular weight excluding hydrogens is 299 g/mol. The number of amides is 2. The molecule has 0 spiro atoms. The van der Waals surface area contributed by atoms with E-state index in [9.17, 15) is 19.1 Å². The molecule has 3 N–H and O–H groups in total. The summed E-state index contributed by atoms with van der Waals surface area (Å²) in [5, 5.41) is 14.6. The van der Waals surface area contributed by atoms with Crippen LogP contribution in [0.15, 0.2) is 18.2 Å². The fourth-order valence-corrected chi connectivity index (χ4v) is 1.49. The van der Waals surface area contributed by atoms with Crippen LogP contribution in [0.5, 0.6) is 0 Å². The molecule has 0 aromatic heterocycles. The van der Waals surface area contributed by atoms with Crippen LogP contribution in [0, 0.1) is 11.7 Å². The predicted octanol–water partition coefficient (Wildman–Crippen LogP) is 1.94. The van der Waals surface area contributed by atoms with Crippen molar-refractivity contribution in [2.75, 3.05) is 11.9 Å². The van der Waals surface area contributed by atoms with E-state index < -0.39 is 23.2 Å². The summed E-state index contributed by atoms with van der Waals surface area (Å²) in [5.41, 5.74) is -1.32. The molecule has 0 aliphatic heterocycles. The molecule has 1 atom stereocenters. The number of halogens is 2. The quantitative estimate of drug-likeness (QED) is 0.743. The first-order valence-electron chi connectivity index (χ1n) is 6.40. The summed E-state index contributed by atoms with van der Waals surface area (Å²) in [4.78, 5) is 23.3. The van der Waals surface area contributed by atoms with E-state index in [1.165, 1.54) is 12.1 Å². The van der Waals surface area contributed by atoms with Crippen LogP contribution in [0.4, 0.5) is 10.1 Å². The Kier molecular flexibility index (Phi) is 5.69. The fraction of sp³-hybridized carbons (Fsp3) is 0.429. The lowest BCUT2D eigenvalue weighted by Crippen LogP contribution is -2.47. The van der Waals surface area contributed by atoms with Gasteiger partial charge in [-0.1, -0.05) is 25.4 Å². The minimum Gasteiger partial charge on any atom is -0.388 e. The monoisotopic (exact) mass is 316 g/mol. The molecule has 116 valence electrons. The Morgan fingerprint density at radius 2 is 2.00 bits per heavy atom. The van der Waals surface area contributed by atoms with Gasteiger partial charge in [-0.05, 0) is 31.0 Å². The molecule has 0 aliphatic rings. The van der Waals surface area contributed by atoms with Gasteiger partial charge in [-0.3, -0.25) is 9.59 Å². The normalized spacial score (nSPS) is 13.7. The van der Waals surface area contributed by atoms with Crippen molar-refractivity contribution in [1.29, 1.82) is 0 Å². The van der Waals surface area contributed by atoms with Crippen molar-refractivity contribution in [3.05, 3.63) is 29.0 Å². The molecule has 21 heavy (non-hydrogen) atoms. The zero-order valence-corrected chi connectivity index (χ0v) is 12.8. The van der Waals surface area contributed by atoms with Crippen LogP contribution in [0.2, 0.25) is 5.02 Å². The molecule has 0 saturated heterocycles. The molecule has 0 fully saturated rings. The molecule has 1 rings (SSSR count). The number of anilines is 1. The average molecular weight is 317 g/mol. The maximum Gasteiger partial charge on any atom is 0.313 e. The Morgan fingerprint density at radius 1 is 1.38 bits per heavy atom. The highest BCUT2D eigenvalue weighted by Gasteiger charge is 2.26. The highest BCUT2D eigenvalue weighted by atomic mass is 35.5. The SMILES string of the molecule is CC(C)C(C)(O)CNC(=O)C(=O)Nc1cc(Cl)ccc1F. The molecule has 1 aromatic rings. The van der Waals surface area contributed by atoms with Gasteiger partial charge in [0, 0.05) is 11.6 Å². The fourth-order valence-electron chi connectivity index (χ4n) is 1.32. The summed E-state index contributed by atoms with van der Waals surface area (Å²) in [6.07, 6.45) is 0. The van der Waals surface area contributed by atoms with Crippen molar-refractivity contribution >= 4 is 29.1 Å². The molecule has 7 heteroatoms. The zero-order valence-electron chi connectivity index (χ0n) is 12.0. The van der Waals surface area contributed by atoms with E-state index in [0.29, 0.717) is 0 Å². The lowest BCUT2D eigenvalue weighted by molar-refractivity contribution is -0.137. The van der Waals surface area contributed by atoms with Crippen molar-refractivity contribution in [3.8, 4) is 0 Å². The van der Waals surface area contributed by atoms with Gasteiger partial charge in [0.05, 0.1) is 11.3 Å². The number of nitrogens with one attached hydrogen (secondary N) is 2. The molecule has 0 aliphatic carbocycles. The van der Waals surface area contributed by atoms with Crippen molar-refractivity contribution in [2.24, 2.45) is 5.92 Å². The van der Waals surface area contributed by atoms with Crippen LogP contribution in [-0.2, 0) is 9.59 Å². The van der Waals surface area contributed by atoms with Crippen molar-refractivity contribution < 1.29 is 19.1 Å². The summed E-state index contributed by atoms with van der Waals surface area (Å²) < 4.78 is 13.4. The second-order valence-corrected chi connectivity index (χ2v) is 5.71. The van der Waals surface area contributed by atoms with Crippen LogP contribution in [0.3, 0.4) is 0 Å². The van der Waals surface area contributed by atoms with Gasteiger partial charge in [0.25, 0.3) is 0 Å². The third-order valence-corrected chi connectivity index (χ3v) is 3.47. The van der Waals surface area contributed by atoms with E-state index in [-0.39, 0.29) is 23.2 Å². The van der Waals surface area contributed by atoms with Crippen LogP contribution >= 0.6 is 11.6 Å². The average Bonchev–Trinajstić information content (AvgIpc) is 2.40. The van der Waals surface area contributed by atoms with Gasteiger partial charge in [-0.25, -0.2) is 4.39 Å². The highest BCUT2D eigenvalue weighted by molar-refractivity contribution is 6.39. The lowest BCUT2D eigenvalue weighted by atomic mass is 9.92. The second kappa shape index (κ2) is 6.87. The van der Waals surface area contributed by atoms with Crippen LogP contribution in [0.25, 0.3) is 0 Å². The summed E-state index contributed by atoms with van der Waals surface area (Å²) in [6.45, 7) is 5.03. The van der Waals surface area contributed by atoms with E-state index in [2.05, 4.69) is 10.6 Å². The Hall–Kier alpha value is -1.66. The van der Waals surface area contributed by atoms with E-state index in [1.54, 1.807) is 20.8 Å². The lowest BCUT2D eigenvalue weighted by Gasteiger charge is -2.27. The number of benzene rings is 1. The maximum atomic E-state index is 13.4. The third kappa shape index (κ3) is 4.99. The summed E-state index contributed by atoms with van der Waals surface area (Å²) >= 11 is 5.68. The number of aliphatic hydroxyl groups is 1. The molecule has 1 aromatic carbocycles. The van der Waals surface area contributed by atoms with Gasteiger partial charge >= 0.3 is 11.8 Å². The number of carbonyl (C=O) groups is 2. The molecule has 0 bridgehead atoms. The van der Waals surface area contributed by atoms with E-state index in [4.69, 9.17) is 11.6 Å². The number of carbonyl (C=O) groups excluding carboxylic acids is 2. The van der Waals surface area contributed by atoms with Gasteiger partial charge in [0.15, 0.2) is 0 Å². The predicted molar refractivity (Wildman–Crippen MR) is 78.5 cm³/mol. The highest BCUT2D eigenvalue weighted by Crippen LogP contribution is 2.19. The summed E-state index contributed by atoms with van der Waals surface area (Å²) in [5.74, 6) is -2.80.